The van der Waals surface area contributed by atoms with E-state index in [9.17, 15) is 4.79 Å². The Morgan fingerprint density at radius 1 is 1.29 bits per heavy atom. The van der Waals surface area contributed by atoms with E-state index in [1.807, 2.05) is 56.7 Å². The van der Waals surface area contributed by atoms with Crippen molar-refractivity contribution < 1.29 is 4.79 Å². The van der Waals surface area contributed by atoms with Crippen LogP contribution in [0.15, 0.2) is 35.8 Å². The number of aromatic nitrogens is 4. The van der Waals surface area contributed by atoms with Crippen molar-refractivity contribution in [3.05, 3.63) is 47.1 Å². The molecule has 124 valence electrons. The lowest BCUT2D eigenvalue weighted by Crippen LogP contribution is -2.31. The first-order valence-corrected chi connectivity index (χ1v) is 8.31. The topological polar surface area (TPSA) is 84.7 Å². The van der Waals surface area contributed by atoms with Gasteiger partial charge < -0.3 is 10.6 Å². The van der Waals surface area contributed by atoms with Crippen LogP contribution in [-0.4, -0.2) is 25.4 Å². The highest BCUT2D eigenvalue weighted by Gasteiger charge is 2.14. The third-order valence-electron chi connectivity index (χ3n) is 3.66. The minimum atomic E-state index is -0.256. The standard InChI is InChI=1S/C16H18N6OS/c1-10(14-8-22(3)20-11(14)2)17-16(23)18-13-6-4-12(5-7-13)15-9-24-21-19-15/h4-10H,1-3H3,(H2,17,18,23)/t10-/m1/s1. The second-order valence-electron chi connectivity index (χ2n) is 5.53. The molecule has 0 spiro atoms. The molecule has 0 fully saturated rings. The van der Waals surface area contributed by atoms with E-state index >= 15 is 0 Å². The number of urea groups is 1. The number of anilines is 1. The molecule has 2 aromatic heterocycles. The van der Waals surface area contributed by atoms with Crippen molar-refractivity contribution in [2.45, 2.75) is 19.9 Å². The smallest absolute Gasteiger partial charge is 0.319 e. The quantitative estimate of drug-likeness (QED) is 0.763. The van der Waals surface area contributed by atoms with Gasteiger partial charge in [-0.1, -0.05) is 16.6 Å². The Morgan fingerprint density at radius 2 is 2.04 bits per heavy atom. The lowest BCUT2D eigenvalue weighted by Gasteiger charge is -2.14. The average Bonchev–Trinajstić information content (AvgIpc) is 3.17. The van der Waals surface area contributed by atoms with Gasteiger partial charge in [0.1, 0.15) is 5.69 Å². The Balaban J connectivity index is 1.61. The van der Waals surface area contributed by atoms with E-state index in [0.717, 1.165) is 28.2 Å². The lowest BCUT2D eigenvalue weighted by molar-refractivity contribution is 0.249. The fraction of sp³-hybridized carbons (Fsp3) is 0.250. The predicted molar refractivity (Wildman–Crippen MR) is 93.9 cm³/mol. The van der Waals surface area contributed by atoms with Crippen molar-refractivity contribution in [1.82, 2.24) is 24.7 Å². The number of aryl methyl sites for hydroxylation is 2. The minimum absolute atomic E-state index is 0.126. The van der Waals surface area contributed by atoms with E-state index in [4.69, 9.17) is 0 Å². The molecule has 2 N–H and O–H groups in total. The molecule has 0 unspecified atom stereocenters. The molecule has 0 bridgehead atoms. The third-order valence-corrected chi connectivity index (χ3v) is 4.17. The number of hydrogen-bond donors (Lipinski definition) is 2. The zero-order chi connectivity index (χ0) is 17.1. The number of rotatable bonds is 4. The van der Waals surface area contributed by atoms with Crippen LogP contribution in [0.1, 0.15) is 24.2 Å². The van der Waals surface area contributed by atoms with Crippen LogP contribution < -0.4 is 10.6 Å². The molecule has 1 aromatic carbocycles. The van der Waals surface area contributed by atoms with Gasteiger partial charge in [-0.3, -0.25) is 4.68 Å². The first-order chi connectivity index (χ1) is 11.5. The highest BCUT2D eigenvalue weighted by atomic mass is 32.1. The van der Waals surface area contributed by atoms with E-state index < -0.39 is 0 Å². The molecule has 8 heteroatoms. The Labute approximate surface area is 143 Å². The summed E-state index contributed by atoms with van der Waals surface area (Å²) < 4.78 is 5.59. The van der Waals surface area contributed by atoms with Crippen molar-refractivity contribution in [3.63, 3.8) is 0 Å². The van der Waals surface area contributed by atoms with Crippen LogP contribution in [0.4, 0.5) is 10.5 Å². The van der Waals surface area contributed by atoms with Gasteiger partial charge in [-0.25, -0.2) is 4.79 Å². The van der Waals surface area contributed by atoms with Crippen molar-refractivity contribution in [2.75, 3.05) is 5.32 Å². The first-order valence-electron chi connectivity index (χ1n) is 7.48. The zero-order valence-electron chi connectivity index (χ0n) is 13.6. The van der Waals surface area contributed by atoms with Gasteiger partial charge in [-0.2, -0.15) is 5.10 Å². The monoisotopic (exact) mass is 342 g/mol. The van der Waals surface area contributed by atoms with E-state index in [1.165, 1.54) is 11.5 Å². The van der Waals surface area contributed by atoms with Crippen LogP contribution in [-0.2, 0) is 7.05 Å². The summed E-state index contributed by atoms with van der Waals surface area (Å²) in [6.45, 7) is 3.86. The maximum atomic E-state index is 12.2. The summed E-state index contributed by atoms with van der Waals surface area (Å²) in [6.07, 6.45) is 1.91. The number of nitrogens with zero attached hydrogens (tertiary/aromatic N) is 4. The highest BCUT2D eigenvalue weighted by Crippen LogP contribution is 2.20. The Kier molecular flexibility index (Phi) is 4.57. The van der Waals surface area contributed by atoms with Crippen LogP contribution in [0, 0.1) is 6.92 Å². The van der Waals surface area contributed by atoms with Crippen LogP contribution in [0.2, 0.25) is 0 Å². The third kappa shape index (κ3) is 3.60. The lowest BCUT2D eigenvalue weighted by atomic mass is 10.1. The molecule has 1 atom stereocenters. The Bertz CT molecular complexity index is 825. The predicted octanol–water partition coefficient (Wildman–Crippen LogP) is 3.13. The molecule has 0 radical (unpaired) electrons. The van der Waals surface area contributed by atoms with Crippen LogP contribution in [0.3, 0.4) is 0 Å². The van der Waals surface area contributed by atoms with Gasteiger partial charge in [-0.05, 0) is 37.5 Å². The number of carbonyl (C=O) groups excluding carboxylic acids is 1. The average molecular weight is 342 g/mol. The Hall–Kier alpha value is -2.74. The molecule has 3 aromatic rings. The van der Waals surface area contributed by atoms with E-state index in [2.05, 4.69) is 25.3 Å². The maximum Gasteiger partial charge on any atom is 0.319 e. The Morgan fingerprint density at radius 3 is 2.62 bits per heavy atom. The van der Waals surface area contributed by atoms with Gasteiger partial charge in [0.05, 0.1) is 11.7 Å². The molecule has 0 aliphatic rings. The summed E-state index contributed by atoms with van der Waals surface area (Å²) in [4.78, 5) is 12.2. The summed E-state index contributed by atoms with van der Waals surface area (Å²) in [5.74, 6) is 0. The number of amides is 2. The normalized spacial score (nSPS) is 12.0. The second kappa shape index (κ2) is 6.79. The van der Waals surface area contributed by atoms with Gasteiger partial charge in [0.2, 0.25) is 0 Å². The number of nitrogens with one attached hydrogen (secondary N) is 2. The van der Waals surface area contributed by atoms with Gasteiger partial charge in [-0.15, -0.1) is 5.10 Å². The van der Waals surface area contributed by atoms with E-state index in [0.29, 0.717) is 0 Å². The first kappa shape index (κ1) is 16.1. The molecule has 0 saturated carbocycles. The summed E-state index contributed by atoms with van der Waals surface area (Å²) in [6, 6.07) is 7.11. The molecule has 2 amide bonds. The summed E-state index contributed by atoms with van der Waals surface area (Å²) in [5.41, 5.74) is 4.42. The zero-order valence-corrected chi connectivity index (χ0v) is 14.5. The fourth-order valence-corrected chi connectivity index (χ4v) is 2.96. The largest absolute Gasteiger partial charge is 0.331 e. The molecule has 24 heavy (non-hydrogen) atoms. The number of hydrogen-bond acceptors (Lipinski definition) is 5. The van der Waals surface area contributed by atoms with Gasteiger partial charge in [0, 0.05) is 35.4 Å². The number of benzene rings is 1. The molecule has 3 rings (SSSR count). The van der Waals surface area contributed by atoms with E-state index in [1.54, 1.807) is 4.68 Å². The molecule has 2 heterocycles. The summed E-state index contributed by atoms with van der Waals surface area (Å²) in [7, 11) is 1.86. The molecule has 0 aliphatic carbocycles. The van der Waals surface area contributed by atoms with Crippen LogP contribution >= 0.6 is 11.5 Å². The minimum Gasteiger partial charge on any atom is -0.331 e. The fourth-order valence-electron chi connectivity index (χ4n) is 2.50. The van der Waals surface area contributed by atoms with E-state index in [-0.39, 0.29) is 12.1 Å². The SMILES string of the molecule is Cc1nn(C)cc1[C@@H](C)NC(=O)Nc1ccc(-c2csnn2)cc1. The van der Waals surface area contributed by atoms with Gasteiger partial charge in [0.15, 0.2) is 0 Å². The summed E-state index contributed by atoms with van der Waals surface area (Å²) >= 11 is 1.31. The number of carbonyl (C=O) groups is 1. The van der Waals surface area contributed by atoms with Crippen molar-refractivity contribution in [1.29, 1.82) is 0 Å². The molecule has 0 saturated heterocycles. The van der Waals surface area contributed by atoms with Gasteiger partial charge >= 0.3 is 6.03 Å². The molecule has 0 aliphatic heterocycles. The van der Waals surface area contributed by atoms with Crippen molar-refractivity contribution >= 4 is 23.3 Å². The van der Waals surface area contributed by atoms with Gasteiger partial charge in [0.25, 0.3) is 0 Å². The molecular weight excluding hydrogens is 324 g/mol. The van der Waals surface area contributed by atoms with Crippen LogP contribution in [0.25, 0.3) is 11.3 Å². The van der Waals surface area contributed by atoms with Crippen LogP contribution in [0.5, 0.6) is 0 Å². The van der Waals surface area contributed by atoms with Crippen molar-refractivity contribution in [2.24, 2.45) is 7.05 Å². The maximum absolute atomic E-state index is 12.2. The van der Waals surface area contributed by atoms with Crippen molar-refractivity contribution in [3.8, 4) is 11.3 Å². The second-order valence-corrected chi connectivity index (χ2v) is 6.14. The molecular formula is C16H18N6OS. The highest BCUT2D eigenvalue weighted by molar-refractivity contribution is 7.03. The molecule has 7 nitrogen and oxygen atoms in total. The summed E-state index contributed by atoms with van der Waals surface area (Å²) in [5, 5.41) is 15.9.